The summed E-state index contributed by atoms with van der Waals surface area (Å²) >= 11 is 5.24. The summed E-state index contributed by atoms with van der Waals surface area (Å²) in [6, 6.07) is 3.95. The maximum Gasteiger partial charge on any atom is 0.166 e. The summed E-state index contributed by atoms with van der Waals surface area (Å²) in [4.78, 5) is 6.36. The van der Waals surface area contributed by atoms with Crippen molar-refractivity contribution >= 4 is 17.3 Å². The number of rotatable bonds is 5. The van der Waals surface area contributed by atoms with Crippen molar-refractivity contribution in [2.75, 3.05) is 39.4 Å². The van der Waals surface area contributed by atoms with Crippen LogP contribution in [0.15, 0.2) is 24.5 Å². The molecule has 0 radical (unpaired) electrons. The molecule has 1 saturated heterocycles. The van der Waals surface area contributed by atoms with Crippen molar-refractivity contribution in [2.45, 2.75) is 6.54 Å². The fourth-order valence-electron chi connectivity index (χ4n) is 1.90. The zero-order valence-corrected chi connectivity index (χ0v) is 11.8. The number of morpholine rings is 1. The first-order valence-electron chi connectivity index (χ1n) is 6.55. The first-order valence-corrected chi connectivity index (χ1v) is 6.96. The highest BCUT2D eigenvalue weighted by Gasteiger charge is 2.09. The average Bonchev–Trinajstić information content (AvgIpc) is 2.47. The van der Waals surface area contributed by atoms with Gasteiger partial charge in [-0.15, -0.1) is 0 Å². The van der Waals surface area contributed by atoms with E-state index in [9.17, 15) is 0 Å². The quantitative estimate of drug-likeness (QED) is 0.761. The van der Waals surface area contributed by atoms with E-state index in [1.165, 1.54) is 5.56 Å². The van der Waals surface area contributed by atoms with Gasteiger partial charge < -0.3 is 15.4 Å². The number of nitrogens with zero attached hydrogens (tertiary/aromatic N) is 2. The molecule has 2 rings (SSSR count). The van der Waals surface area contributed by atoms with Crippen LogP contribution in [0.4, 0.5) is 0 Å². The van der Waals surface area contributed by atoms with E-state index in [1.54, 1.807) is 12.4 Å². The Labute approximate surface area is 119 Å². The SMILES string of the molecule is S=C(NCCN1CCOCC1)NCc1ccncc1. The van der Waals surface area contributed by atoms with Gasteiger partial charge in [-0.05, 0) is 29.9 Å². The van der Waals surface area contributed by atoms with E-state index in [4.69, 9.17) is 17.0 Å². The zero-order valence-electron chi connectivity index (χ0n) is 11.0. The maximum atomic E-state index is 5.31. The number of hydrogen-bond acceptors (Lipinski definition) is 4. The molecule has 0 bridgehead atoms. The minimum atomic E-state index is 0.699. The minimum Gasteiger partial charge on any atom is -0.379 e. The third kappa shape index (κ3) is 5.50. The van der Waals surface area contributed by atoms with E-state index in [2.05, 4.69) is 20.5 Å². The van der Waals surface area contributed by atoms with Crippen molar-refractivity contribution in [3.63, 3.8) is 0 Å². The molecular formula is C13H20N4OS. The van der Waals surface area contributed by atoms with Gasteiger partial charge in [-0.1, -0.05) is 0 Å². The van der Waals surface area contributed by atoms with E-state index < -0.39 is 0 Å². The number of hydrogen-bond donors (Lipinski definition) is 2. The Kier molecular flexibility index (Phi) is 6.00. The predicted molar refractivity (Wildman–Crippen MR) is 78.9 cm³/mol. The van der Waals surface area contributed by atoms with Crippen LogP contribution in [0.3, 0.4) is 0 Å². The molecule has 1 aromatic heterocycles. The molecule has 2 N–H and O–H groups in total. The van der Waals surface area contributed by atoms with Gasteiger partial charge in [0.2, 0.25) is 0 Å². The van der Waals surface area contributed by atoms with Crippen molar-refractivity contribution in [1.29, 1.82) is 0 Å². The molecule has 0 spiro atoms. The van der Waals surface area contributed by atoms with Crippen LogP contribution in [-0.2, 0) is 11.3 Å². The van der Waals surface area contributed by atoms with Crippen LogP contribution in [-0.4, -0.2) is 54.4 Å². The first-order chi connectivity index (χ1) is 9.34. The van der Waals surface area contributed by atoms with Crippen molar-refractivity contribution in [1.82, 2.24) is 20.5 Å². The van der Waals surface area contributed by atoms with E-state index in [0.717, 1.165) is 45.9 Å². The van der Waals surface area contributed by atoms with Crippen LogP contribution in [0, 0.1) is 0 Å². The van der Waals surface area contributed by atoms with Gasteiger partial charge in [0, 0.05) is 45.1 Å². The number of pyridine rings is 1. The monoisotopic (exact) mass is 280 g/mol. The molecule has 1 aliphatic rings. The smallest absolute Gasteiger partial charge is 0.166 e. The molecule has 0 amide bonds. The molecule has 0 saturated carbocycles. The van der Waals surface area contributed by atoms with Gasteiger partial charge in [0.15, 0.2) is 5.11 Å². The summed E-state index contributed by atoms with van der Waals surface area (Å²) in [5, 5.41) is 7.11. The summed E-state index contributed by atoms with van der Waals surface area (Å²) < 4.78 is 5.31. The Morgan fingerprint density at radius 1 is 1.26 bits per heavy atom. The van der Waals surface area contributed by atoms with Crippen molar-refractivity contribution in [3.05, 3.63) is 30.1 Å². The Morgan fingerprint density at radius 3 is 2.74 bits per heavy atom. The normalized spacial score (nSPS) is 16.0. The standard InChI is InChI=1S/C13H20N4OS/c19-13(16-11-12-1-3-14-4-2-12)15-5-6-17-7-9-18-10-8-17/h1-4H,5-11H2,(H2,15,16,19). The van der Waals surface area contributed by atoms with Crippen molar-refractivity contribution in [3.8, 4) is 0 Å². The number of aromatic nitrogens is 1. The van der Waals surface area contributed by atoms with Gasteiger partial charge in [0.05, 0.1) is 13.2 Å². The number of ether oxygens (including phenoxy) is 1. The Balaban J connectivity index is 1.57. The van der Waals surface area contributed by atoms with Crippen LogP contribution in [0.1, 0.15) is 5.56 Å². The lowest BCUT2D eigenvalue weighted by atomic mass is 10.3. The lowest BCUT2D eigenvalue weighted by Crippen LogP contribution is -2.43. The second-order valence-electron chi connectivity index (χ2n) is 4.42. The highest BCUT2D eigenvalue weighted by atomic mass is 32.1. The van der Waals surface area contributed by atoms with Gasteiger partial charge in [-0.25, -0.2) is 0 Å². The molecule has 5 nitrogen and oxygen atoms in total. The lowest BCUT2D eigenvalue weighted by molar-refractivity contribution is 0.0389. The van der Waals surface area contributed by atoms with Crippen LogP contribution in [0.5, 0.6) is 0 Å². The highest BCUT2D eigenvalue weighted by molar-refractivity contribution is 7.80. The van der Waals surface area contributed by atoms with Gasteiger partial charge in [0.1, 0.15) is 0 Å². The maximum absolute atomic E-state index is 5.31. The lowest BCUT2D eigenvalue weighted by Gasteiger charge is -2.26. The molecule has 1 aliphatic heterocycles. The minimum absolute atomic E-state index is 0.699. The molecule has 1 aromatic rings. The van der Waals surface area contributed by atoms with Gasteiger partial charge in [0.25, 0.3) is 0 Å². The Bertz CT molecular complexity index is 381. The van der Waals surface area contributed by atoms with E-state index in [-0.39, 0.29) is 0 Å². The molecule has 0 aromatic carbocycles. The second-order valence-corrected chi connectivity index (χ2v) is 4.83. The molecular weight excluding hydrogens is 260 g/mol. The Hall–Kier alpha value is -1.24. The van der Waals surface area contributed by atoms with Gasteiger partial charge in [-0.2, -0.15) is 0 Å². The van der Waals surface area contributed by atoms with E-state index in [1.807, 2.05) is 12.1 Å². The molecule has 1 fully saturated rings. The molecule has 0 aliphatic carbocycles. The predicted octanol–water partition coefficient (Wildman–Crippen LogP) is 0.378. The summed E-state index contributed by atoms with van der Waals surface area (Å²) in [6.07, 6.45) is 3.57. The second kappa shape index (κ2) is 8.04. The summed E-state index contributed by atoms with van der Waals surface area (Å²) in [5.74, 6) is 0. The topological polar surface area (TPSA) is 49.4 Å². The first kappa shape index (κ1) is 14.2. The summed E-state index contributed by atoms with van der Waals surface area (Å²) in [7, 11) is 0. The van der Waals surface area contributed by atoms with E-state index in [0.29, 0.717) is 5.11 Å². The van der Waals surface area contributed by atoms with Crippen LogP contribution in [0.25, 0.3) is 0 Å². The van der Waals surface area contributed by atoms with Gasteiger partial charge in [-0.3, -0.25) is 9.88 Å². The fourth-order valence-corrected chi connectivity index (χ4v) is 2.07. The van der Waals surface area contributed by atoms with Crippen molar-refractivity contribution in [2.24, 2.45) is 0 Å². The van der Waals surface area contributed by atoms with E-state index >= 15 is 0 Å². The molecule has 0 unspecified atom stereocenters. The van der Waals surface area contributed by atoms with Crippen molar-refractivity contribution < 1.29 is 4.74 Å². The third-order valence-corrected chi connectivity index (χ3v) is 3.31. The number of nitrogens with one attached hydrogen (secondary N) is 2. The summed E-state index contributed by atoms with van der Waals surface area (Å²) in [5.41, 5.74) is 1.17. The molecule has 0 atom stereocenters. The largest absolute Gasteiger partial charge is 0.379 e. The molecule has 104 valence electrons. The third-order valence-electron chi connectivity index (χ3n) is 3.02. The molecule has 19 heavy (non-hydrogen) atoms. The van der Waals surface area contributed by atoms with Gasteiger partial charge >= 0.3 is 0 Å². The summed E-state index contributed by atoms with van der Waals surface area (Å²) in [6.45, 7) is 6.29. The van der Waals surface area contributed by atoms with Crippen LogP contribution >= 0.6 is 12.2 Å². The van der Waals surface area contributed by atoms with Crippen LogP contribution < -0.4 is 10.6 Å². The zero-order chi connectivity index (χ0) is 13.3. The molecule has 2 heterocycles. The average molecular weight is 280 g/mol. The number of thiocarbonyl (C=S) groups is 1. The molecule has 6 heteroatoms. The highest BCUT2D eigenvalue weighted by Crippen LogP contribution is 1.95. The Morgan fingerprint density at radius 2 is 2.00 bits per heavy atom. The van der Waals surface area contributed by atoms with Crippen LogP contribution in [0.2, 0.25) is 0 Å². The fraction of sp³-hybridized carbons (Fsp3) is 0.538.